The van der Waals surface area contributed by atoms with Crippen molar-refractivity contribution < 1.29 is 13.6 Å². The van der Waals surface area contributed by atoms with Crippen molar-refractivity contribution in [3.05, 3.63) is 53.0 Å². The number of aromatic nitrogens is 2. The van der Waals surface area contributed by atoms with Crippen LogP contribution in [0.3, 0.4) is 0 Å². The average Bonchev–Trinajstić information content (AvgIpc) is 2.57. The molecule has 3 rings (SSSR count). The van der Waals surface area contributed by atoms with Crippen LogP contribution >= 0.6 is 0 Å². The quantitative estimate of drug-likeness (QED) is 0.918. The van der Waals surface area contributed by atoms with Gasteiger partial charge in [0.2, 0.25) is 0 Å². The summed E-state index contributed by atoms with van der Waals surface area (Å²) in [5, 5.41) is 0. The summed E-state index contributed by atoms with van der Waals surface area (Å²) in [5.41, 5.74) is 6.86. The van der Waals surface area contributed by atoms with E-state index in [1.165, 1.54) is 12.3 Å². The van der Waals surface area contributed by atoms with E-state index in [0.717, 1.165) is 11.6 Å². The summed E-state index contributed by atoms with van der Waals surface area (Å²) >= 11 is 0. The molecule has 0 aliphatic carbocycles. The predicted octanol–water partition coefficient (Wildman–Crippen LogP) is 2.67. The third-order valence-electron chi connectivity index (χ3n) is 4.37. The van der Waals surface area contributed by atoms with Crippen LogP contribution in [0.25, 0.3) is 0 Å². The number of nitrogen functional groups attached to an aromatic ring is 1. The number of hydrogen-bond acceptors (Lipinski definition) is 4. The number of benzene rings is 1. The van der Waals surface area contributed by atoms with Crippen LogP contribution in [0.1, 0.15) is 40.5 Å². The molecule has 0 radical (unpaired) electrons. The highest BCUT2D eigenvalue weighted by atomic mass is 19.2. The van der Waals surface area contributed by atoms with E-state index >= 15 is 0 Å². The molecule has 2 heterocycles. The van der Waals surface area contributed by atoms with Gasteiger partial charge in [-0.05, 0) is 43.4 Å². The highest BCUT2D eigenvalue weighted by Gasteiger charge is 2.26. The van der Waals surface area contributed by atoms with Crippen LogP contribution < -0.4 is 5.73 Å². The number of aryl methyl sites for hydroxylation is 1. The van der Waals surface area contributed by atoms with Crippen molar-refractivity contribution in [2.45, 2.75) is 25.7 Å². The number of nitrogens with zero attached hydrogens (tertiary/aromatic N) is 3. The van der Waals surface area contributed by atoms with E-state index in [-0.39, 0.29) is 17.6 Å². The van der Waals surface area contributed by atoms with Gasteiger partial charge in [0, 0.05) is 19.3 Å². The second-order valence-electron chi connectivity index (χ2n) is 5.96. The van der Waals surface area contributed by atoms with Crippen molar-refractivity contribution in [2.24, 2.45) is 0 Å². The molecule has 0 saturated carbocycles. The summed E-state index contributed by atoms with van der Waals surface area (Å²) in [4.78, 5) is 22.3. The fourth-order valence-corrected chi connectivity index (χ4v) is 3.00. The molecule has 2 aromatic rings. The van der Waals surface area contributed by atoms with Crippen LogP contribution in [0, 0.1) is 18.6 Å². The Morgan fingerprint density at radius 3 is 2.58 bits per heavy atom. The van der Waals surface area contributed by atoms with Crippen LogP contribution in [-0.2, 0) is 0 Å². The largest absolute Gasteiger partial charge is 0.383 e. The summed E-state index contributed by atoms with van der Waals surface area (Å²) in [6.07, 6.45) is 2.81. The smallest absolute Gasteiger partial charge is 0.259 e. The lowest BCUT2D eigenvalue weighted by Crippen LogP contribution is -2.38. The molecule has 7 heteroatoms. The van der Waals surface area contributed by atoms with E-state index in [9.17, 15) is 13.6 Å². The molecule has 1 aliphatic heterocycles. The van der Waals surface area contributed by atoms with Gasteiger partial charge in [0.05, 0.1) is 0 Å². The Kier molecular flexibility index (Phi) is 4.42. The van der Waals surface area contributed by atoms with Gasteiger partial charge in [0.1, 0.15) is 17.2 Å². The summed E-state index contributed by atoms with van der Waals surface area (Å²) < 4.78 is 26.4. The zero-order chi connectivity index (χ0) is 17.3. The number of anilines is 1. The monoisotopic (exact) mass is 332 g/mol. The number of nitrogens with two attached hydrogens (primary N) is 1. The normalized spacial score (nSPS) is 15.5. The summed E-state index contributed by atoms with van der Waals surface area (Å²) in [5.74, 6) is -1.08. The number of amides is 1. The van der Waals surface area contributed by atoms with E-state index in [1.54, 1.807) is 17.9 Å². The van der Waals surface area contributed by atoms with Crippen LogP contribution in [-0.4, -0.2) is 33.9 Å². The van der Waals surface area contributed by atoms with E-state index in [2.05, 4.69) is 9.97 Å². The van der Waals surface area contributed by atoms with Crippen LogP contribution in [0.5, 0.6) is 0 Å². The van der Waals surface area contributed by atoms with Gasteiger partial charge in [0.25, 0.3) is 5.91 Å². The van der Waals surface area contributed by atoms with Crippen LogP contribution in [0.4, 0.5) is 14.6 Å². The van der Waals surface area contributed by atoms with Crippen molar-refractivity contribution in [2.75, 3.05) is 18.8 Å². The van der Waals surface area contributed by atoms with Gasteiger partial charge in [0.15, 0.2) is 11.6 Å². The zero-order valence-electron chi connectivity index (χ0n) is 13.3. The van der Waals surface area contributed by atoms with Crippen molar-refractivity contribution in [3.8, 4) is 0 Å². The van der Waals surface area contributed by atoms with Crippen molar-refractivity contribution >= 4 is 11.7 Å². The number of halogens is 2. The predicted molar refractivity (Wildman–Crippen MR) is 85.4 cm³/mol. The van der Waals surface area contributed by atoms with Crippen molar-refractivity contribution in [1.82, 2.24) is 14.9 Å². The number of likely N-dealkylation sites (tertiary alicyclic amines) is 1. The molecule has 1 saturated heterocycles. The van der Waals surface area contributed by atoms with Gasteiger partial charge >= 0.3 is 0 Å². The molecule has 2 N–H and O–H groups in total. The molecule has 0 unspecified atom stereocenters. The van der Waals surface area contributed by atoms with Crippen LogP contribution in [0.15, 0.2) is 24.4 Å². The van der Waals surface area contributed by atoms with Crippen LogP contribution in [0.2, 0.25) is 0 Å². The molecule has 1 aliphatic rings. The van der Waals surface area contributed by atoms with E-state index in [4.69, 9.17) is 5.73 Å². The Hall–Kier alpha value is -2.57. The topological polar surface area (TPSA) is 72.1 Å². The molecule has 24 heavy (non-hydrogen) atoms. The average molecular weight is 332 g/mol. The highest BCUT2D eigenvalue weighted by molar-refractivity contribution is 5.98. The minimum absolute atomic E-state index is 0.107. The lowest BCUT2D eigenvalue weighted by atomic mass is 9.89. The maximum absolute atomic E-state index is 13.4. The second kappa shape index (κ2) is 6.51. The number of hydrogen-bond donors (Lipinski definition) is 1. The SMILES string of the molecule is Cc1ncc(C(=O)N2CCC(c3ccc(F)c(F)c3)CC2)c(N)n1. The summed E-state index contributed by atoms with van der Waals surface area (Å²) in [7, 11) is 0. The highest BCUT2D eigenvalue weighted by Crippen LogP contribution is 2.29. The molecule has 1 fully saturated rings. The maximum Gasteiger partial charge on any atom is 0.259 e. The van der Waals surface area contributed by atoms with Gasteiger partial charge in [-0.1, -0.05) is 6.07 Å². The minimum atomic E-state index is -0.846. The van der Waals surface area contributed by atoms with Crippen molar-refractivity contribution in [1.29, 1.82) is 0 Å². The van der Waals surface area contributed by atoms with Gasteiger partial charge < -0.3 is 10.6 Å². The number of rotatable bonds is 2. The molecular formula is C17H18F2N4O. The molecule has 1 amide bonds. The first-order chi connectivity index (χ1) is 11.5. The lowest BCUT2D eigenvalue weighted by molar-refractivity contribution is 0.0713. The molecule has 126 valence electrons. The molecule has 1 aromatic carbocycles. The van der Waals surface area contributed by atoms with Gasteiger partial charge in [-0.3, -0.25) is 4.79 Å². The fourth-order valence-electron chi connectivity index (χ4n) is 3.00. The second-order valence-corrected chi connectivity index (χ2v) is 5.96. The third-order valence-corrected chi connectivity index (χ3v) is 4.37. The van der Waals surface area contributed by atoms with Crippen molar-refractivity contribution in [3.63, 3.8) is 0 Å². The van der Waals surface area contributed by atoms with E-state index < -0.39 is 11.6 Å². The van der Waals surface area contributed by atoms with E-state index in [1.807, 2.05) is 0 Å². The number of piperidine rings is 1. The molecule has 0 atom stereocenters. The molecule has 0 spiro atoms. The lowest BCUT2D eigenvalue weighted by Gasteiger charge is -2.32. The summed E-state index contributed by atoms with van der Waals surface area (Å²) in [6.45, 7) is 2.75. The zero-order valence-corrected chi connectivity index (χ0v) is 13.3. The molecule has 5 nitrogen and oxygen atoms in total. The Bertz CT molecular complexity index is 773. The van der Waals surface area contributed by atoms with Gasteiger partial charge in [-0.15, -0.1) is 0 Å². The molecular weight excluding hydrogens is 314 g/mol. The molecule has 0 bridgehead atoms. The third kappa shape index (κ3) is 3.20. The molecule has 1 aromatic heterocycles. The first kappa shape index (κ1) is 16.3. The van der Waals surface area contributed by atoms with Gasteiger partial charge in [-0.25, -0.2) is 18.7 Å². The Labute approximate surface area is 138 Å². The fraction of sp³-hybridized carbons (Fsp3) is 0.353. The van der Waals surface area contributed by atoms with E-state index in [0.29, 0.717) is 37.3 Å². The van der Waals surface area contributed by atoms with Gasteiger partial charge in [-0.2, -0.15) is 0 Å². The number of carbonyl (C=O) groups excluding carboxylic acids is 1. The first-order valence-corrected chi connectivity index (χ1v) is 7.79. The maximum atomic E-state index is 13.4. The standard InChI is InChI=1S/C17H18F2N4O/c1-10-21-9-13(16(20)22-10)17(24)23-6-4-11(5-7-23)12-2-3-14(18)15(19)8-12/h2-3,8-9,11H,4-7H2,1H3,(H2,20,21,22). The Morgan fingerprint density at radius 1 is 1.25 bits per heavy atom. The Morgan fingerprint density at radius 2 is 1.96 bits per heavy atom. The first-order valence-electron chi connectivity index (χ1n) is 7.79. The number of carbonyl (C=O) groups is 1. The Balaban J connectivity index is 1.68. The summed E-state index contributed by atoms with van der Waals surface area (Å²) in [6, 6.07) is 3.99. The minimum Gasteiger partial charge on any atom is -0.383 e.